The van der Waals surface area contributed by atoms with Crippen LogP contribution in [-0.4, -0.2) is 25.0 Å². The Morgan fingerprint density at radius 1 is 1.31 bits per heavy atom. The lowest BCUT2D eigenvalue weighted by Crippen LogP contribution is -2.51. The minimum atomic E-state index is 0.0971. The number of rotatable bonds is 3. The number of piperazine rings is 1. The predicted octanol–water partition coefficient (Wildman–Crippen LogP) is 1.47. The molecule has 1 atom stereocenters. The lowest BCUT2D eigenvalue weighted by atomic mass is 10.0. The molecule has 0 aromatic heterocycles. The van der Waals surface area contributed by atoms with Gasteiger partial charge >= 0.3 is 0 Å². The molecule has 1 fully saturated rings. The molecule has 1 unspecified atom stereocenters. The molecule has 1 saturated heterocycles. The van der Waals surface area contributed by atoms with Crippen LogP contribution in [0.2, 0.25) is 0 Å². The van der Waals surface area contributed by atoms with Gasteiger partial charge in [-0.1, -0.05) is 28.1 Å². The molecule has 2 rings (SSSR count). The zero-order chi connectivity index (χ0) is 11.4. The predicted molar refractivity (Wildman–Crippen MR) is 67.3 cm³/mol. The van der Waals surface area contributed by atoms with Gasteiger partial charge < -0.3 is 10.6 Å². The summed E-state index contributed by atoms with van der Waals surface area (Å²) >= 11 is 3.42. The van der Waals surface area contributed by atoms with Crippen LogP contribution < -0.4 is 10.6 Å². The van der Waals surface area contributed by atoms with E-state index in [1.165, 1.54) is 5.56 Å². The minimum absolute atomic E-state index is 0.0971. The van der Waals surface area contributed by atoms with Crippen molar-refractivity contribution < 1.29 is 4.79 Å². The van der Waals surface area contributed by atoms with E-state index in [1.54, 1.807) is 0 Å². The van der Waals surface area contributed by atoms with Gasteiger partial charge in [-0.25, -0.2) is 0 Å². The molecule has 0 spiro atoms. The molecule has 1 aliphatic rings. The smallest absolute Gasteiger partial charge is 0.234 e. The van der Waals surface area contributed by atoms with Gasteiger partial charge in [0.15, 0.2) is 0 Å². The van der Waals surface area contributed by atoms with Gasteiger partial charge in [0.05, 0.1) is 6.54 Å². The van der Waals surface area contributed by atoms with Crippen molar-refractivity contribution in [1.82, 2.24) is 10.6 Å². The fraction of sp³-hybridized carbons (Fsp3) is 0.417. The number of carbonyl (C=O) groups excluding carboxylic acids is 1. The van der Waals surface area contributed by atoms with E-state index < -0.39 is 0 Å². The van der Waals surface area contributed by atoms with Crippen LogP contribution in [0.4, 0.5) is 0 Å². The van der Waals surface area contributed by atoms with Crippen LogP contribution in [0.15, 0.2) is 28.7 Å². The SMILES string of the molecule is O=C1CNC(CCc2ccc(Br)cc2)CN1. The highest BCUT2D eigenvalue weighted by molar-refractivity contribution is 9.10. The molecule has 0 aliphatic carbocycles. The van der Waals surface area contributed by atoms with Crippen molar-refractivity contribution in [2.24, 2.45) is 0 Å². The Bertz CT molecular complexity index is 354. The Kier molecular flexibility index (Phi) is 3.96. The summed E-state index contributed by atoms with van der Waals surface area (Å²) in [4.78, 5) is 10.9. The number of nitrogens with one attached hydrogen (secondary N) is 2. The van der Waals surface area contributed by atoms with Crippen LogP contribution in [0.25, 0.3) is 0 Å². The number of hydrogen-bond donors (Lipinski definition) is 2. The van der Waals surface area contributed by atoms with Crippen LogP contribution >= 0.6 is 15.9 Å². The maximum absolute atomic E-state index is 10.9. The summed E-state index contributed by atoms with van der Waals surface area (Å²) < 4.78 is 1.11. The summed E-state index contributed by atoms with van der Waals surface area (Å²) in [6, 6.07) is 8.79. The normalized spacial score (nSPS) is 20.6. The Morgan fingerprint density at radius 3 is 2.69 bits per heavy atom. The largest absolute Gasteiger partial charge is 0.353 e. The molecule has 0 saturated carbocycles. The van der Waals surface area contributed by atoms with Gasteiger partial charge in [-0.3, -0.25) is 4.79 Å². The maximum atomic E-state index is 10.9. The van der Waals surface area contributed by atoms with E-state index in [1.807, 2.05) is 0 Å². The van der Waals surface area contributed by atoms with Crippen molar-refractivity contribution >= 4 is 21.8 Å². The molecule has 1 aromatic carbocycles. The number of hydrogen-bond acceptors (Lipinski definition) is 2. The standard InChI is InChI=1S/C12H15BrN2O/c13-10-4-1-9(2-5-10)3-6-11-7-15-12(16)8-14-11/h1-2,4-5,11,14H,3,6-8H2,(H,15,16). The second-order valence-corrected chi connectivity index (χ2v) is 4.96. The van der Waals surface area contributed by atoms with Crippen molar-refractivity contribution in [3.63, 3.8) is 0 Å². The summed E-state index contributed by atoms with van der Waals surface area (Å²) in [6.07, 6.45) is 2.10. The lowest BCUT2D eigenvalue weighted by molar-refractivity contribution is -0.121. The first-order chi connectivity index (χ1) is 7.74. The molecule has 1 aromatic rings. The number of carbonyl (C=O) groups is 1. The molecule has 2 N–H and O–H groups in total. The third-order valence-electron chi connectivity index (χ3n) is 2.79. The molecule has 0 bridgehead atoms. The second kappa shape index (κ2) is 5.46. The highest BCUT2D eigenvalue weighted by Crippen LogP contribution is 2.12. The molecular weight excluding hydrogens is 268 g/mol. The molecule has 4 heteroatoms. The molecule has 3 nitrogen and oxygen atoms in total. The summed E-state index contributed by atoms with van der Waals surface area (Å²) in [6.45, 7) is 1.19. The first-order valence-corrected chi connectivity index (χ1v) is 6.28. The Morgan fingerprint density at radius 2 is 2.06 bits per heavy atom. The van der Waals surface area contributed by atoms with Crippen molar-refractivity contribution in [1.29, 1.82) is 0 Å². The van der Waals surface area contributed by atoms with Gasteiger partial charge in [-0.05, 0) is 30.5 Å². The van der Waals surface area contributed by atoms with E-state index in [0.717, 1.165) is 23.9 Å². The molecular formula is C12H15BrN2O. The summed E-state index contributed by atoms with van der Waals surface area (Å²) in [7, 11) is 0. The first kappa shape index (κ1) is 11.6. The van der Waals surface area contributed by atoms with Crippen molar-refractivity contribution in [3.05, 3.63) is 34.3 Å². The first-order valence-electron chi connectivity index (χ1n) is 5.48. The van der Waals surface area contributed by atoms with Gasteiger partial charge in [-0.2, -0.15) is 0 Å². The van der Waals surface area contributed by atoms with Crippen LogP contribution in [-0.2, 0) is 11.2 Å². The van der Waals surface area contributed by atoms with Gasteiger partial charge in [0.25, 0.3) is 0 Å². The fourth-order valence-corrected chi connectivity index (χ4v) is 2.07. The average molecular weight is 283 g/mol. The van der Waals surface area contributed by atoms with Crippen molar-refractivity contribution in [2.45, 2.75) is 18.9 Å². The summed E-state index contributed by atoms with van der Waals surface area (Å²) in [5.74, 6) is 0.0971. The van der Waals surface area contributed by atoms with Gasteiger partial charge in [0.2, 0.25) is 5.91 Å². The number of aryl methyl sites for hydroxylation is 1. The molecule has 86 valence electrons. The number of halogens is 1. The fourth-order valence-electron chi connectivity index (χ4n) is 1.80. The summed E-state index contributed by atoms with van der Waals surface area (Å²) in [5, 5.41) is 6.10. The Hall–Kier alpha value is -0.870. The molecule has 1 heterocycles. The van der Waals surface area contributed by atoms with Crippen molar-refractivity contribution in [3.8, 4) is 0 Å². The van der Waals surface area contributed by atoms with E-state index in [2.05, 4.69) is 50.8 Å². The van der Waals surface area contributed by atoms with Gasteiger partial charge in [-0.15, -0.1) is 0 Å². The molecule has 1 aliphatic heterocycles. The third-order valence-corrected chi connectivity index (χ3v) is 3.32. The van der Waals surface area contributed by atoms with E-state index in [-0.39, 0.29) is 5.91 Å². The Labute approximate surface area is 104 Å². The van der Waals surface area contributed by atoms with Gasteiger partial charge in [0, 0.05) is 17.1 Å². The number of amides is 1. The molecule has 16 heavy (non-hydrogen) atoms. The van der Waals surface area contributed by atoms with Crippen LogP contribution in [0.3, 0.4) is 0 Å². The van der Waals surface area contributed by atoms with E-state index in [9.17, 15) is 4.79 Å². The molecule has 1 amide bonds. The zero-order valence-electron chi connectivity index (χ0n) is 9.00. The topological polar surface area (TPSA) is 41.1 Å². The lowest BCUT2D eigenvalue weighted by Gasteiger charge is -2.23. The average Bonchev–Trinajstić information content (AvgIpc) is 2.30. The van der Waals surface area contributed by atoms with E-state index in [4.69, 9.17) is 0 Å². The van der Waals surface area contributed by atoms with Crippen LogP contribution in [0.1, 0.15) is 12.0 Å². The monoisotopic (exact) mass is 282 g/mol. The van der Waals surface area contributed by atoms with E-state index >= 15 is 0 Å². The quantitative estimate of drug-likeness (QED) is 0.882. The zero-order valence-corrected chi connectivity index (χ0v) is 10.6. The molecule has 0 radical (unpaired) electrons. The third kappa shape index (κ3) is 3.32. The van der Waals surface area contributed by atoms with Crippen molar-refractivity contribution in [2.75, 3.05) is 13.1 Å². The summed E-state index contributed by atoms with van der Waals surface area (Å²) in [5.41, 5.74) is 1.34. The second-order valence-electron chi connectivity index (χ2n) is 4.05. The minimum Gasteiger partial charge on any atom is -0.353 e. The van der Waals surface area contributed by atoms with Crippen LogP contribution in [0.5, 0.6) is 0 Å². The highest BCUT2D eigenvalue weighted by Gasteiger charge is 2.16. The van der Waals surface area contributed by atoms with Gasteiger partial charge in [0.1, 0.15) is 0 Å². The highest BCUT2D eigenvalue weighted by atomic mass is 79.9. The maximum Gasteiger partial charge on any atom is 0.234 e. The Balaban J connectivity index is 1.79. The van der Waals surface area contributed by atoms with E-state index in [0.29, 0.717) is 12.6 Å². The number of benzene rings is 1. The van der Waals surface area contributed by atoms with Crippen LogP contribution in [0, 0.1) is 0 Å².